The van der Waals surface area contributed by atoms with Crippen molar-refractivity contribution < 1.29 is 0 Å². The van der Waals surface area contributed by atoms with E-state index >= 15 is 0 Å². The van der Waals surface area contributed by atoms with Crippen molar-refractivity contribution in [2.24, 2.45) is 5.73 Å². The zero-order valence-electron chi connectivity index (χ0n) is 9.22. The lowest BCUT2D eigenvalue weighted by Gasteiger charge is -2.25. The monoisotopic (exact) mass is 253 g/mol. The summed E-state index contributed by atoms with van der Waals surface area (Å²) in [6, 6.07) is 4.54. The molecule has 0 aliphatic carbocycles. The summed E-state index contributed by atoms with van der Waals surface area (Å²) in [6.07, 6.45) is 3.09. The lowest BCUT2D eigenvalue weighted by molar-refractivity contribution is 0.699. The van der Waals surface area contributed by atoms with Gasteiger partial charge in [0.15, 0.2) is 0 Å². The van der Waals surface area contributed by atoms with Crippen molar-refractivity contribution in [3.8, 4) is 0 Å². The molecular weight excluding hydrogens is 238 g/mol. The Morgan fingerprint density at radius 2 is 2.44 bits per heavy atom. The summed E-state index contributed by atoms with van der Waals surface area (Å²) in [7, 11) is 2.12. The van der Waals surface area contributed by atoms with E-state index in [1.807, 2.05) is 30.1 Å². The number of pyridine rings is 1. The van der Waals surface area contributed by atoms with Crippen molar-refractivity contribution in [2.45, 2.75) is 12.5 Å². The van der Waals surface area contributed by atoms with Gasteiger partial charge in [0.05, 0.1) is 17.6 Å². The summed E-state index contributed by atoms with van der Waals surface area (Å²) in [5, 5.41) is 0. The predicted octanol–water partition coefficient (Wildman–Crippen LogP) is 1.66. The fraction of sp³-hybridized carbons (Fsp3) is 0.455. The summed E-state index contributed by atoms with van der Waals surface area (Å²) in [6.45, 7) is 0. The van der Waals surface area contributed by atoms with Crippen LogP contribution in [-0.4, -0.2) is 34.6 Å². The number of thiocarbonyl (C=S) groups is 1. The third-order valence-electron chi connectivity index (χ3n) is 2.86. The second kappa shape index (κ2) is 5.01. The molecule has 1 saturated heterocycles. The van der Waals surface area contributed by atoms with Crippen LogP contribution in [-0.2, 0) is 0 Å². The first-order valence-electron chi connectivity index (χ1n) is 5.25. The van der Waals surface area contributed by atoms with E-state index in [4.69, 9.17) is 18.0 Å². The highest BCUT2D eigenvalue weighted by atomic mass is 32.2. The van der Waals surface area contributed by atoms with Gasteiger partial charge in [-0.1, -0.05) is 12.2 Å². The minimum absolute atomic E-state index is 0.352. The van der Waals surface area contributed by atoms with Gasteiger partial charge in [0.25, 0.3) is 0 Å². The molecule has 5 heteroatoms. The molecule has 0 amide bonds. The average Bonchev–Trinajstić information content (AvgIpc) is 2.81. The topological polar surface area (TPSA) is 42.1 Å². The minimum Gasteiger partial charge on any atom is -0.388 e. The number of nitrogens with zero attached hydrogens (tertiary/aromatic N) is 2. The van der Waals surface area contributed by atoms with E-state index in [-0.39, 0.29) is 0 Å². The van der Waals surface area contributed by atoms with Crippen LogP contribution < -0.4 is 10.6 Å². The summed E-state index contributed by atoms with van der Waals surface area (Å²) >= 11 is 6.89. The van der Waals surface area contributed by atoms with E-state index in [9.17, 15) is 0 Å². The van der Waals surface area contributed by atoms with Crippen LogP contribution >= 0.6 is 24.0 Å². The molecule has 0 radical (unpaired) electrons. The molecule has 1 aliphatic rings. The molecule has 1 aliphatic heterocycles. The molecule has 0 aromatic carbocycles. The second-order valence-electron chi connectivity index (χ2n) is 3.89. The van der Waals surface area contributed by atoms with Crippen LogP contribution in [0.3, 0.4) is 0 Å². The zero-order valence-corrected chi connectivity index (χ0v) is 10.9. The highest BCUT2D eigenvalue weighted by Crippen LogP contribution is 2.25. The fourth-order valence-corrected chi connectivity index (χ4v) is 3.17. The van der Waals surface area contributed by atoms with Crippen LogP contribution in [0.2, 0.25) is 0 Å². The normalized spacial score (nSPS) is 19.7. The van der Waals surface area contributed by atoms with Crippen molar-refractivity contribution in [3.05, 3.63) is 24.0 Å². The summed E-state index contributed by atoms with van der Waals surface area (Å²) in [4.78, 5) is 6.90. The molecule has 2 heterocycles. The van der Waals surface area contributed by atoms with Gasteiger partial charge in [-0.2, -0.15) is 11.8 Å². The van der Waals surface area contributed by atoms with Gasteiger partial charge in [0, 0.05) is 18.8 Å². The van der Waals surface area contributed by atoms with Crippen LogP contribution in [0.25, 0.3) is 0 Å². The Balaban J connectivity index is 2.11. The standard InChI is InChI=1S/C11H15N3S2/c1-14(9-4-5-16-7-9)8-2-3-10(11(12)15)13-6-8/h2-3,6,9H,4-5,7H2,1H3,(H2,12,15). The van der Waals surface area contributed by atoms with Crippen molar-refractivity contribution in [1.29, 1.82) is 0 Å². The molecule has 2 N–H and O–H groups in total. The molecule has 1 aromatic heterocycles. The Labute approximate surface area is 105 Å². The number of hydrogen-bond donors (Lipinski definition) is 1. The average molecular weight is 253 g/mol. The van der Waals surface area contributed by atoms with Gasteiger partial charge < -0.3 is 10.6 Å². The highest BCUT2D eigenvalue weighted by molar-refractivity contribution is 7.99. The van der Waals surface area contributed by atoms with E-state index in [0.29, 0.717) is 16.7 Å². The van der Waals surface area contributed by atoms with Crippen LogP contribution in [0.1, 0.15) is 12.1 Å². The number of aromatic nitrogens is 1. The molecule has 1 aromatic rings. The van der Waals surface area contributed by atoms with Gasteiger partial charge in [0.2, 0.25) is 0 Å². The molecule has 2 rings (SSSR count). The van der Waals surface area contributed by atoms with Gasteiger partial charge in [0.1, 0.15) is 4.99 Å². The van der Waals surface area contributed by atoms with E-state index in [1.54, 1.807) is 0 Å². The minimum atomic E-state index is 0.352. The number of anilines is 1. The number of thioether (sulfide) groups is 1. The third-order valence-corrected chi connectivity index (χ3v) is 4.21. The molecule has 86 valence electrons. The van der Waals surface area contributed by atoms with Crippen LogP contribution in [0.5, 0.6) is 0 Å². The number of rotatable bonds is 3. The van der Waals surface area contributed by atoms with Crippen LogP contribution in [0.4, 0.5) is 5.69 Å². The van der Waals surface area contributed by atoms with Gasteiger partial charge >= 0.3 is 0 Å². The van der Waals surface area contributed by atoms with E-state index in [0.717, 1.165) is 5.69 Å². The molecule has 1 unspecified atom stereocenters. The molecule has 0 spiro atoms. The molecule has 3 nitrogen and oxygen atoms in total. The predicted molar refractivity (Wildman–Crippen MR) is 74.3 cm³/mol. The van der Waals surface area contributed by atoms with Crippen molar-refractivity contribution in [1.82, 2.24) is 4.98 Å². The Morgan fingerprint density at radius 3 is 2.94 bits per heavy atom. The molecule has 16 heavy (non-hydrogen) atoms. The Hall–Kier alpha value is -0.810. The summed E-state index contributed by atoms with van der Waals surface area (Å²) in [5.41, 5.74) is 7.33. The number of hydrogen-bond acceptors (Lipinski definition) is 4. The third kappa shape index (κ3) is 2.47. The van der Waals surface area contributed by atoms with E-state index in [2.05, 4.69) is 16.9 Å². The molecule has 1 fully saturated rings. The lowest BCUT2D eigenvalue weighted by Crippen LogP contribution is -2.31. The molecular formula is C11H15N3S2. The van der Waals surface area contributed by atoms with Crippen LogP contribution in [0, 0.1) is 0 Å². The smallest absolute Gasteiger partial charge is 0.122 e. The van der Waals surface area contributed by atoms with E-state index in [1.165, 1.54) is 17.9 Å². The Morgan fingerprint density at radius 1 is 1.62 bits per heavy atom. The van der Waals surface area contributed by atoms with Gasteiger partial charge in [-0.25, -0.2) is 0 Å². The quantitative estimate of drug-likeness (QED) is 0.830. The first-order valence-corrected chi connectivity index (χ1v) is 6.81. The van der Waals surface area contributed by atoms with Gasteiger partial charge in [-0.3, -0.25) is 4.98 Å². The summed E-state index contributed by atoms with van der Waals surface area (Å²) in [5.74, 6) is 2.46. The van der Waals surface area contributed by atoms with E-state index < -0.39 is 0 Å². The Bertz CT molecular complexity index is 371. The SMILES string of the molecule is CN(c1ccc(C(N)=S)nc1)C1CCSC1. The number of nitrogens with two attached hydrogens (primary N) is 1. The van der Waals surface area contributed by atoms with Crippen molar-refractivity contribution in [2.75, 3.05) is 23.5 Å². The highest BCUT2D eigenvalue weighted by Gasteiger charge is 2.20. The molecule has 1 atom stereocenters. The maximum atomic E-state index is 5.51. The Kier molecular flexibility index (Phi) is 3.66. The first-order chi connectivity index (χ1) is 7.68. The van der Waals surface area contributed by atoms with Gasteiger partial charge in [-0.05, 0) is 24.3 Å². The second-order valence-corrected chi connectivity index (χ2v) is 5.48. The lowest BCUT2D eigenvalue weighted by atomic mass is 10.2. The largest absolute Gasteiger partial charge is 0.388 e. The van der Waals surface area contributed by atoms with Crippen LogP contribution in [0.15, 0.2) is 18.3 Å². The van der Waals surface area contributed by atoms with Crippen molar-refractivity contribution in [3.63, 3.8) is 0 Å². The molecule has 0 bridgehead atoms. The van der Waals surface area contributed by atoms with Gasteiger partial charge in [-0.15, -0.1) is 0 Å². The fourth-order valence-electron chi connectivity index (χ4n) is 1.78. The zero-order chi connectivity index (χ0) is 11.5. The summed E-state index contributed by atoms with van der Waals surface area (Å²) < 4.78 is 0. The maximum absolute atomic E-state index is 5.51. The maximum Gasteiger partial charge on any atom is 0.122 e. The first kappa shape index (κ1) is 11.7. The molecule has 0 saturated carbocycles. The van der Waals surface area contributed by atoms with Crippen molar-refractivity contribution >= 4 is 34.7 Å².